The molecule has 3 rings (SSSR count). The molecule has 1 aliphatic heterocycles. The highest BCUT2D eigenvalue weighted by atomic mass is 79.9. The molecule has 2 atom stereocenters. The molecule has 1 saturated heterocycles. The third-order valence-electron chi connectivity index (χ3n) is 3.57. The van der Waals surface area contributed by atoms with Crippen LogP contribution < -0.4 is 4.90 Å². The molecule has 1 aliphatic rings. The maximum absolute atomic E-state index is 11.2. The van der Waals surface area contributed by atoms with E-state index in [1.807, 2.05) is 31.2 Å². The van der Waals surface area contributed by atoms with Gasteiger partial charge in [0.05, 0.1) is 18.2 Å². The average molecular weight is 351 g/mol. The predicted octanol–water partition coefficient (Wildman–Crippen LogP) is 2.68. The van der Waals surface area contributed by atoms with Crippen molar-refractivity contribution in [3.05, 3.63) is 34.9 Å². The predicted molar refractivity (Wildman–Crippen MR) is 83.6 cm³/mol. The van der Waals surface area contributed by atoms with E-state index in [0.717, 1.165) is 21.1 Å². The van der Waals surface area contributed by atoms with Gasteiger partial charge >= 0.3 is 5.97 Å². The largest absolute Gasteiger partial charge is 0.479 e. The van der Waals surface area contributed by atoms with Crippen molar-refractivity contribution in [3.63, 3.8) is 0 Å². The topological polar surface area (TPSA) is 62.7 Å². The number of anilines is 1. The second kappa shape index (κ2) is 5.61. The minimum Gasteiger partial charge on any atom is -0.479 e. The van der Waals surface area contributed by atoms with Crippen LogP contribution in [0.5, 0.6) is 0 Å². The average Bonchev–Trinajstić information content (AvgIpc) is 2.47. The lowest BCUT2D eigenvalue weighted by atomic mass is 10.1. The van der Waals surface area contributed by atoms with Crippen LogP contribution in [0, 0.1) is 0 Å². The van der Waals surface area contributed by atoms with E-state index in [1.54, 1.807) is 6.20 Å². The zero-order chi connectivity index (χ0) is 15.0. The molecule has 2 aromatic rings. The van der Waals surface area contributed by atoms with Gasteiger partial charge in [-0.25, -0.2) is 4.79 Å². The van der Waals surface area contributed by atoms with Crippen LogP contribution in [0.2, 0.25) is 0 Å². The molecular formula is C15H15BrN2O3. The van der Waals surface area contributed by atoms with Crippen LogP contribution in [0.3, 0.4) is 0 Å². The van der Waals surface area contributed by atoms with Gasteiger partial charge in [-0.15, -0.1) is 0 Å². The number of aliphatic carboxylic acids is 1. The Morgan fingerprint density at radius 1 is 1.43 bits per heavy atom. The van der Waals surface area contributed by atoms with Crippen LogP contribution in [0.15, 0.2) is 34.9 Å². The molecule has 0 bridgehead atoms. The minimum atomic E-state index is -0.925. The number of fused-ring (bicyclic) bond motifs is 1. The molecule has 110 valence electrons. The normalized spacial score (nSPS) is 22.5. The van der Waals surface area contributed by atoms with E-state index < -0.39 is 12.1 Å². The van der Waals surface area contributed by atoms with Crippen LogP contribution in [0.4, 0.5) is 5.69 Å². The maximum atomic E-state index is 11.2. The highest BCUT2D eigenvalue weighted by molar-refractivity contribution is 9.10. The number of carboxylic acids is 1. The Labute approximate surface area is 130 Å². The molecule has 1 N–H and O–H groups in total. The van der Waals surface area contributed by atoms with Gasteiger partial charge < -0.3 is 14.7 Å². The SMILES string of the molecule is C[C@@H]1CN(c2ccc(Br)c3ncccc23)C[C@H](C(=O)O)O1. The molecule has 2 heterocycles. The summed E-state index contributed by atoms with van der Waals surface area (Å²) < 4.78 is 6.40. The molecule has 21 heavy (non-hydrogen) atoms. The van der Waals surface area contributed by atoms with Crippen molar-refractivity contribution in [2.45, 2.75) is 19.1 Å². The van der Waals surface area contributed by atoms with E-state index in [0.29, 0.717) is 13.1 Å². The highest BCUT2D eigenvalue weighted by Crippen LogP contribution is 2.32. The van der Waals surface area contributed by atoms with Crippen molar-refractivity contribution < 1.29 is 14.6 Å². The van der Waals surface area contributed by atoms with Crippen molar-refractivity contribution in [2.24, 2.45) is 0 Å². The third-order valence-corrected chi connectivity index (χ3v) is 4.21. The van der Waals surface area contributed by atoms with E-state index in [4.69, 9.17) is 4.74 Å². The lowest BCUT2D eigenvalue weighted by molar-refractivity contribution is -0.154. The van der Waals surface area contributed by atoms with E-state index in [2.05, 4.69) is 25.8 Å². The minimum absolute atomic E-state index is 0.129. The molecule has 1 aromatic heterocycles. The Balaban J connectivity index is 2.04. The Kier molecular flexibility index (Phi) is 3.82. The fourth-order valence-corrected chi connectivity index (χ4v) is 3.13. The van der Waals surface area contributed by atoms with Gasteiger partial charge in [-0.05, 0) is 47.1 Å². The van der Waals surface area contributed by atoms with Gasteiger partial charge in [0, 0.05) is 28.3 Å². The highest BCUT2D eigenvalue weighted by Gasteiger charge is 2.31. The van der Waals surface area contributed by atoms with E-state index in [-0.39, 0.29) is 6.10 Å². The van der Waals surface area contributed by atoms with Gasteiger partial charge in [0.2, 0.25) is 0 Å². The second-order valence-corrected chi connectivity index (χ2v) is 6.00. The number of nitrogens with zero attached hydrogens (tertiary/aromatic N) is 2. The van der Waals surface area contributed by atoms with E-state index >= 15 is 0 Å². The first kappa shape index (κ1) is 14.3. The van der Waals surface area contributed by atoms with Crippen molar-refractivity contribution >= 4 is 38.5 Å². The summed E-state index contributed by atoms with van der Waals surface area (Å²) in [4.78, 5) is 17.7. The number of rotatable bonds is 2. The van der Waals surface area contributed by atoms with Gasteiger partial charge in [-0.2, -0.15) is 0 Å². The molecule has 5 nitrogen and oxygen atoms in total. The zero-order valence-electron chi connectivity index (χ0n) is 11.5. The van der Waals surface area contributed by atoms with Crippen molar-refractivity contribution in [2.75, 3.05) is 18.0 Å². The number of hydrogen-bond donors (Lipinski definition) is 1. The first-order valence-corrected chi connectivity index (χ1v) is 7.52. The Morgan fingerprint density at radius 3 is 3.00 bits per heavy atom. The fraction of sp³-hybridized carbons (Fsp3) is 0.333. The smallest absolute Gasteiger partial charge is 0.334 e. The molecule has 0 amide bonds. The Bertz CT molecular complexity index is 692. The summed E-state index contributed by atoms with van der Waals surface area (Å²) in [5.74, 6) is -0.925. The third kappa shape index (κ3) is 2.73. The summed E-state index contributed by atoms with van der Waals surface area (Å²) in [6.07, 6.45) is 0.818. The molecular weight excluding hydrogens is 336 g/mol. The molecule has 0 aliphatic carbocycles. The first-order valence-electron chi connectivity index (χ1n) is 6.72. The fourth-order valence-electron chi connectivity index (χ4n) is 2.68. The lowest BCUT2D eigenvalue weighted by Crippen LogP contribution is -2.49. The van der Waals surface area contributed by atoms with E-state index in [9.17, 15) is 9.90 Å². The molecule has 0 unspecified atom stereocenters. The molecule has 6 heteroatoms. The number of carbonyl (C=O) groups is 1. The van der Waals surface area contributed by atoms with Crippen LogP contribution in [0.1, 0.15) is 6.92 Å². The quantitative estimate of drug-likeness (QED) is 0.901. The number of ether oxygens (including phenoxy) is 1. The van der Waals surface area contributed by atoms with Gasteiger partial charge in [0.15, 0.2) is 6.10 Å². The molecule has 0 spiro atoms. The van der Waals surface area contributed by atoms with Gasteiger partial charge in [0.25, 0.3) is 0 Å². The van der Waals surface area contributed by atoms with Crippen LogP contribution in [0.25, 0.3) is 10.9 Å². The van der Waals surface area contributed by atoms with Gasteiger partial charge in [0.1, 0.15) is 0 Å². The molecule has 1 fully saturated rings. The standard InChI is InChI=1S/C15H15BrN2O3/c1-9-7-18(8-13(21-9)15(19)20)12-5-4-11(16)14-10(12)3-2-6-17-14/h2-6,9,13H,7-8H2,1H3,(H,19,20)/t9-,13-/m1/s1. The monoisotopic (exact) mass is 350 g/mol. The second-order valence-electron chi connectivity index (χ2n) is 5.14. The van der Waals surface area contributed by atoms with Crippen molar-refractivity contribution in [1.82, 2.24) is 4.98 Å². The number of aromatic nitrogens is 1. The lowest BCUT2D eigenvalue weighted by Gasteiger charge is -2.37. The number of carboxylic acid groups (broad SMARTS) is 1. The summed E-state index contributed by atoms with van der Waals surface area (Å²) in [5, 5.41) is 10.2. The van der Waals surface area contributed by atoms with Crippen LogP contribution in [-0.2, 0) is 9.53 Å². The summed E-state index contributed by atoms with van der Waals surface area (Å²) in [5.41, 5.74) is 1.86. The van der Waals surface area contributed by atoms with E-state index in [1.165, 1.54) is 0 Å². The van der Waals surface area contributed by atoms with Crippen molar-refractivity contribution in [1.29, 1.82) is 0 Å². The van der Waals surface area contributed by atoms with Gasteiger partial charge in [-0.1, -0.05) is 0 Å². The number of pyridine rings is 1. The summed E-state index contributed by atoms with van der Waals surface area (Å²) >= 11 is 3.50. The summed E-state index contributed by atoms with van der Waals surface area (Å²) in [6.45, 7) is 2.89. The molecule has 0 radical (unpaired) electrons. The number of halogens is 1. The Hall–Kier alpha value is -1.66. The summed E-state index contributed by atoms with van der Waals surface area (Å²) in [7, 11) is 0. The number of benzene rings is 1. The number of morpholine rings is 1. The molecule has 1 aromatic carbocycles. The maximum Gasteiger partial charge on any atom is 0.334 e. The Morgan fingerprint density at radius 2 is 2.24 bits per heavy atom. The number of hydrogen-bond acceptors (Lipinski definition) is 4. The summed E-state index contributed by atoms with van der Waals surface area (Å²) in [6, 6.07) is 7.82. The first-order chi connectivity index (χ1) is 10.1. The van der Waals surface area contributed by atoms with Crippen LogP contribution >= 0.6 is 15.9 Å². The van der Waals surface area contributed by atoms with Gasteiger partial charge in [-0.3, -0.25) is 4.98 Å². The molecule has 0 saturated carbocycles. The van der Waals surface area contributed by atoms with Crippen molar-refractivity contribution in [3.8, 4) is 0 Å². The van der Waals surface area contributed by atoms with Crippen LogP contribution in [-0.4, -0.2) is 41.4 Å². The zero-order valence-corrected chi connectivity index (χ0v) is 13.1.